The fourth-order valence-corrected chi connectivity index (χ4v) is 2.85. The molecule has 0 saturated carbocycles. The van der Waals surface area contributed by atoms with Gasteiger partial charge in [0.2, 0.25) is 5.91 Å². The minimum absolute atomic E-state index is 0.155. The molecule has 0 aliphatic carbocycles. The van der Waals surface area contributed by atoms with Gasteiger partial charge in [-0.3, -0.25) is 9.69 Å². The lowest BCUT2D eigenvalue weighted by Crippen LogP contribution is -2.48. The topological polar surface area (TPSA) is 67.6 Å². The van der Waals surface area contributed by atoms with Crippen LogP contribution in [0.2, 0.25) is 0 Å². The van der Waals surface area contributed by atoms with E-state index in [2.05, 4.69) is 10.2 Å². The Morgan fingerprint density at radius 3 is 2.52 bits per heavy atom. The monoisotopic (exact) mass is 311 g/mol. The van der Waals surface area contributed by atoms with Gasteiger partial charge in [0, 0.05) is 25.7 Å². The normalized spacial score (nSPS) is 18.5. The molecular weight excluding hydrogens is 290 g/mol. The van der Waals surface area contributed by atoms with Gasteiger partial charge >= 0.3 is 0 Å². The van der Waals surface area contributed by atoms with Gasteiger partial charge < -0.3 is 15.8 Å². The summed E-state index contributed by atoms with van der Waals surface area (Å²) in [7, 11) is 0. The molecule has 1 aliphatic rings. The highest BCUT2D eigenvalue weighted by atomic mass is 16.5. The number of ether oxygens (including phenoxy) is 1. The zero-order chi connectivity index (χ0) is 16.1. The predicted octanol–water partition coefficient (Wildman–Crippen LogP) is 1.91. The van der Waals surface area contributed by atoms with Crippen LogP contribution >= 0.6 is 0 Å². The van der Waals surface area contributed by atoms with Gasteiger partial charge in [-0.25, -0.2) is 0 Å². The molecule has 1 aliphatic heterocycles. The first-order chi connectivity index (χ1) is 11.2. The predicted molar refractivity (Wildman–Crippen MR) is 89.3 cm³/mol. The van der Waals surface area contributed by atoms with Crippen LogP contribution in [-0.2, 0) is 4.79 Å². The molecular formula is C18H21N3O2. The Hall–Kier alpha value is -2.37. The first kappa shape index (κ1) is 15.5. The third kappa shape index (κ3) is 4.09. The maximum atomic E-state index is 11.2. The van der Waals surface area contributed by atoms with Crippen LogP contribution in [0.1, 0.15) is 11.6 Å². The van der Waals surface area contributed by atoms with Crippen molar-refractivity contribution in [3.63, 3.8) is 0 Å². The molecule has 23 heavy (non-hydrogen) atoms. The molecule has 5 heteroatoms. The summed E-state index contributed by atoms with van der Waals surface area (Å²) in [6.45, 7) is 2.79. The number of primary amides is 1. The fourth-order valence-electron chi connectivity index (χ4n) is 2.85. The van der Waals surface area contributed by atoms with Crippen LogP contribution in [-0.4, -0.2) is 37.0 Å². The number of nitrogens with zero attached hydrogens (tertiary/aromatic N) is 1. The zero-order valence-electron chi connectivity index (χ0n) is 12.9. The Morgan fingerprint density at radius 1 is 1.13 bits per heavy atom. The Balaban J connectivity index is 1.71. The molecule has 5 nitrogen and oxygen atoms in total. The van der Waals surface area contributed by atoms with Gasteiger partial charge in [-0.15, -0.1) is 0 Å². The molecule has 2 aromatic rings. The van der Waals surface area contributed by atoms with Crippen LogP contribution in [0.3, 0.4) is 0 Å². The molecule has 1 heterocycles. The number of nitrogens with two attached hydrogens (primary N) is 1. The van der Waals surface area contributed by atoms with E-state index in [1.165, 1.54) is 0 Å². The lowest BCUT2D eigenvalue weighted by atomic mass is 10.0. The van der Waals surface area contributed by atoms with Gasteiger partial charge in [0.1, 0.15) is 11.5 Å². The summed E-state index contributed by atoms with van der Waals surface area (Å²) in [5.74, 6) is 1.32. The molecule has 0 spiro atoms. The fraction of sp³-hybridized carbons (Fsp3) is 0.278. The highest BCUT2D eigenvalue weighted by molar-refractivity contribution is 5.76. The minimum atomic E-state index is -0.291. The lowest BCUT2D eigenvalue weighted by Gasteiger charge is -2.35. The highest BCUT2D eigenvalue weighted by Gasteiger charge is 2.24. The number of piperazine rings is 1. The van der Waals surface area contributed by atoms with E-state index in [1.807, 2.05) is 54.6 Å². The quantitative estimate of drug-likeness (QED) is 0.885. The number of carbonyl (C=O) groups is 1. The summed E-state index contributed by atoms with van der Waals surface area (Å²) >= 11 is 0. The molecule has 120 valence electrons. The van der Waals surface area contributed by atoms with Crippen LogP contribution in [0, 0.1) is 0 Å². The second-order valence-electron chi connectivity index (χ2n) is 5.64. The first-order valence-corrected chi connectivity index (χ1v) is 7.78. The molecule has 1 fully saturated rings. The third-order valence-corrected chi connectivity index (χ3v) is 3.96. The summed E-state index contributed by atoms with van der Waals surface area (Å²) in [5.41, 5.74) is 6.50. The average Bonchev–Trinajstić information content (AvgIpc) is 2.57. The van der Waals surface area contributed by atoms with E-state index in [0.29, 0.717) is 0 Å². The molecule has 3 rings (SSSR count). The first-order valence-electron chi connectivity index (χ1n) is 7.78. The molecule has 0 bridgehead atoms. The summed E-state index contributed by atoms with van der Waals surface area (Å²) in [5, 5.41) is 3.37. The molecule has 1 amide bonds. The molecule has 3 N–H and O–H groups in total. The van der Waals surface area contributed by atoms with Gasteiger partial charge in [0.15, 0.2) is 0 Å². The number of para-hydroxylation sites is 1. The Morgan fingerprint density at radius 2 is 1.83 bits per heavy atom. The second kappa shape index (κ2) is 7.26. The lowest BCUT2D eigenvalue weighted by molar-refractivity contribution is -0.119. The summed E-state index contributed by atoms with van der Waals surface area (Å²) in [4.78, 5) is 13.4. The number of nitrogens with one attached hydrogen (secondary N) is 1. The smallest absolute Gasteiger partial charge is 0.231 e. The number of amides is 1. The molecule has 2 aromatic carbocycles. The zero-order valence-corrected chi connectivity index (χ0v) is 12.9. The molecule has 0 radical (unpaired) electrons. The van der Waals surface area contributed by atoms with Crippen molar-refractivity contribution in [1.82, 2.24) is 10.2 Å². The SMILES string of the molecule is NC(=O)CN1CCNCC1c1ccc(Oc2ccccc2)cc1. The second-order valence-corrected chi connectivity index (χ2v) is 5.64. The summed E-state index contributed by atoms with van der Waals surface area (Å²) in [6, 6.07) is 17.9. The van der Waals surface area contributed by atoms with Gasteiger partial charge in [0.05, 0.1) is 6.54 Å². The van der Waals surface area contributed by atoms with E-state index < -0.39 is 0 Å². The number of hydrogen-bond donors (Lipinski definition) is 2. The maximum Gasteiger partial charge on any atom is 0.231 e. The van der Waals surface area contributed by atoms with Crippen molar-refractivity contribution >= 4 is 5.91 Å². The number of hydrogen-bond acceptors (Lipinski definition) is 4. The molecule has 1 unspecified atom stereocenters. The molecule has 1 saturated heterocycles. The number of benzene rings is 2. The summed E-state index contributed by atoms with van der Waals surface area (Å²) in [6.07, 6.45) is 0. The Bertz CT molecular complexity index is 643. The Kier molecular flexibility index (Phi) is 4.90. The van der Waals surface area contributed by atoms with Gasteiger partial charge in [0.25, 0.3) is 0 Å². The maximum absolute atomic E-state index is 11.2. The van der Waals surface area contributed by atoms with Crippen LogP contribution in [0.4, 0.5) is 0 Å². The van der Waals surface area contributed by atoms with Gasteiger partial charge in [-0.1, -0.05) is 30.3 Å². The van der Waals surface area contributed by atoms with Crippen LogP contribution in [0.15, 0.2) is 54.6 Å². The average molecular weight is 311 g/mol. The van der Waals surface area contributed by atoms with E-state index in [9.17, 15) is 4.79 Å². The Labute approximate surface area is 136 Å². The van der Waals surface area contributed by atoms with Crippen LogP contribution in [0.5, 0.6) is 11.5 Å². The van der Waals surface area contributed by atoms with Crippen LogP contribution in [0.25, 0.3) is 0 Å². The van der Waals surface area contributed by atoms with Crippen LogP contribution < -0.4 is 15.8 Å². The largest absolute Gasteiger partial charge is 0.457 e. The molecule has 0 aromatic heterocycles. The van der Waals surface area contributed by atoms with Gasteiger partial charge in [-0.2, -0.15) is 0 Å². The van der Waals surface area contributed by atoms with Crippen molar-refractivity contribution in [3.8, 4) is 11.5 Å². The number of carbonyl (C=O) groups excluding carboxylic acids is 1. The van der Waals surface area contributed by atoms with E-state index in [-0.39, 0.29) is 18.5 Å². The van der Waals surface area contributed by atoms with Crippen molar-refractivity contribution in [2.45, 2.75) is 6.04 Å². The van der Waals surface area contributed by atoms with Crippen molar-refractivity contribution in [3.05, 3.63) is 60.2 Å². The van der Waals surface area contributed by atoms with Crippen molar-refractivity contribution in [1.29, 1.82) is 0 Å². The molecule has 1 atom stereocenters. The van der Waals surface area contributed by atoms with Gasteiger partial charge in [-0.05, 0) is 29.8 Å². The van der Waals surface area contributed by atoms with E-state index in [0.717, 1.165) is 36.7 Å². The van der Waals surface area contributed by atoms with E-state index >= 15 is 0 Å². The number of rotatable bonds is 5. The van der Waals surface area contributed by atoms with E-state index in [1.54, 1.807) is 0 Å². The van der Waals surface area contributed by atoms with Crippen molar-refractivity contribution < 1.29 is 9.53 Å². The van der Waals surface area contributed by atoms with Crippen molar-refractivity contribution in [2.24, 2.45) is 5.73 Å². The highest BCUT2D eigenvalue weighted by Crippen LogP contribution is 2.26. The van der Waals surface area contributed by atoms with E-state index in [4.69, 9.17) is 10.5 Å². The standard InChI is InChI=1S/C18H21N3O2/c19-18(22)13-21-11-10-20-12-17(21)14-6-8-16(9-7-14)23-15-4-2-1-3-5-15/h1-9,17,20H,10-13H2,(H2,19,22). The van der Waals surface area contributed by atoms with Crippen molar-refractivity contribution in [2.75, 3.05) is 26.2 Å². The minimum Gasteiger partial charge on any atom is -0.457 e. The summed E-state index contributed by atoms with van der Waals surface area (Å²) < 4.78 is 5.81. The third-order valence-electron chi connectivity index (χ3n) is 3.96.